The van der Waals surface area contributed by atoms with E-state index in [9.17, 15) is 9.59 Å². The van der Waals surface area contributed by atoms with E-state index in [1.807, 2.05) is 30.9 Å². The molecule has 1 aliphatic rings. The summed E-state index contributed by atoms with van der Waals surface area (Å²) in [5.74, 6) is -0.271. The number of methoxy groups -OCH3 is 1. The third-order valence-electron chi connectivity index (χ3n) is 4.83. The van der Waals surface area contributed by atoms with Gasteiger partial charge in [-0.2, -0.15) is 0 Å². The molecule has 6 nitrogen and oxygen atoms in total. The number of nitrogens with zero attached hydrogens (tertiary/aromatic N) is 1. The third kappa shape index (κ3) is 3.54. The molecule has 25 heavy (non-hydrogen) atoms. The maximum Gasteiger partial charge on any atom is 0.323 e. The molecule has 2 heterocycles. The van der Waals surface area contributed by atoms with Crippen molar-refractivity contribution in [3.05, 3.63) is 35.5 Å². The van der Waals surface area contributed by atoms with E-state index in [2.05, 4.69) is 22.4 Å². The number of H-pyrrole nitrogens is 1. The summed E-state index contributed by atoms with van der Waals surface area (Å²) in [5.41, 5.74) is 3.53. The topological polar surface area (TPSA) is 74.4 Å². The van der Waals surface area contributed by atoms with Crippen LogP contribution in [0.5, 0.6) is 0 Å². The fourth-order valence-corrected chi connectivity index (χ4v) is 3.41. The molecular weight excluding hydrogens is 318 g/mol. The number of nitrogens with one attached hydrogen (secondary N) is 2. The van der Waals surface area contributed by atoms with Crippen LogP contribution in [-0.2, 0) is 27.3 Å². The average molecular weight is 343 g/mol. The molecule has 1 aromatic heterocycles. The summed E-state index contributed by atoms with van der Waals surface area (Å²) in [6, 6.07) is 7.70. The van der Waals surface area contributed by atoms with Crippen molar-refractivity contribution < 1.29 is 14.3 Å². The number of carbonyl (C=O) groups excluding carboxylic acids is 2. The zero-order valence-electron chi connectivity index (χ0n) is 15.0. The lowest BCUT2D eigenvalue weighted by Crippen LogP contribution is -2.48. The van der Waals surface area contributed by atoms with Gasteiger partial charge in [-0.15, -0.1) is 0 Å². The molecule has 0 aliphatic carbocycles. The lowest BCUT2D eigenvalue weighted by Gasteiger charge is -2.28. The minimum absolute atomic E-state index is 0.00508. The van der Waals surface area contributed by atoms with Crippen LogP contribution in [0.15, 0.2) is 24.3 Å². The van der Waals surface area contributed by atoms with Crippen molar-refractivity contribution in [2.75, 3.05) is 20.2 Å². The van der Waals surface area contributed by atoms with Crippen LogP contribution >= 0.6 is 0 Å². The molecule has 134 valence electrons. The van der Waals surface area contributed by atoms with Crippen molar-refractivity contribution in [1.82, 2.24) is 15.2 Å². The third-order valence-corrected chi connectivity index (χ3v) is 4.83. The Morgan fingerprint density at radius 2 is 2.08 bits per heavy atom. The van der Waals surface area contributed by atoms with E-state index in [0.29, 0.717) is 13.1 Å². The first-order valence-corrected chi connectivity index (χ1v) is 8.68. The second-order valence-corrected chi connectivity index (χ2v) is 6.82. The smallest absolute Gasteiger partial charge is 0.323 e. The van der Waals surface area contributed by atoms with Gasteiger partial charge in [0.15, 0.2) is 0 Å². The number of benzene rings is 1. The zero-order valence-corrected chi connectivity index (χ0v) is 15.0. The first kappa shape index (κ1) is 17.5. The molecule has 2 aromatic rings. The second kappa shape index (κ2) is 7.27. The Bertz CT molecular complexity index is 781. The predicted molar refractivity (Wildman–Crippen MR) is 96.1 cm³/mol. The van der Waals surface area contributed by atoms with Crippen LogP contribution in [-0.4, -0.2) is 48.0 Å². The number of aromatic nitrogens is 1. The highest BCUT2D eigenvalue weighted by Gasteiger charge is 2.27. The highest BCUT2D eigenvalue weighted by molar-refractivity contribution is 5.86. The largest absolute Gasteiger partial charge is 0.468 e. The normalized spacial score (nSPS) is 15.3. The number of amides is 1. The SMILES string of the molecule is COC(=O)[C@@H](NCC(=O)N1CCc2[nH]c3ccccc3c2C1)C(C)C. The van der Waals surface area contributed by atoms with Crippen molar-refractivity contribution >= 4 is 22.8 Å². The van der Waals surface area contributed by atoms with Crippen molar-refractivity contribution in [3.8, 4) is 0 Å². The molecular formula is C19H25N3O3. The molecule has 0 saturated carbocycles. The lowest BCUT2D eigenvalue weighted by molar-refractivity contribution is -0.144. The summed E-state index contributed by atoms with van der Waals surface area (Å²) in [6.45, 7) is 5.28. The number of hydrogen-bond acceptors (Lipinski definition) is 4. The van der Waals surface area contributed by atoms with Crippen LogP contribution in [0.25, 0.3) is 10.9 Å². The van der Waals surface area contributed by atoms with Gasteiger partial charge < -0.3 is 14.6 Å². The Kier molecular flexibility index (Phi) is 5.08. The Morgan fingerprint density at radius 3 is 2.80 bits per heavy atom. The average Bonchev–Trinajstić information content (AvgIpc) is 2.98. The summed E-state index contributed by atoms with van der Waals surface area (Å²) in [4.78, 5) is 29.7. The summed E-state index contributed by atoms with van der Waals surface area (Å²) in [7, 11) is 1.37. The molecule has 2 N–H and O–H groups in total. The van der Waals surface area contributed by atoms with Crippen LogP contribution < -0.4 is 5.32 Å². The Morgan fingerprint density at radius 1 is 1.32 bits per heavy atom. The number of aromatic amines is 1. The van der Waals surface area contributed by atoms with E-state index in [1.54, 1.807) is 0 Å². The second-order valence-electron chi connectivity index (χ2n) is 6.82. The van der Waals surface area contributed by atoms with Gasteiger partial charge in [0.2, 0.25) is 5.91 Å². The minimum atomic E-state index is -0.470. The van der Waals surface area contributed by atoms with E-state index >= 15 is 0 Å². The Balaban J connectivity index is 1.67. The summed E-state index contributed by atoms with van der Waals surface area (Å²) >= 11 is 0. The zero-order chi connectivity index (χ0) is 18.0. The number of rotatable bonds is 5. The van der Waals surface area contributed by atoms with Crippen LogP contribution in [0.1, 0.15) is 25.1 Å². The van der Waals surface area contributed by atoms with Gasteiger partial charge >= 0.3 is 5.97 Å². The van der Waals surface area contributed by atoms with Crippen LogP contribution in [0, 0.1) is 5.92 Å². The summed E-state index contributed by atoms with van der Waals surface area (Å²) in [5, 5.41) is 4.23. The van der Waals surface area contributed by atoms with Gasteiger partial charge in [-0.05, 0) is 12.0 Å². The number of ether oxygens (including phenoxy) is 1. The van der Waals surface area contributed by atoms with Crippen molar-refractivity contribution in [2.45, 2.75) is 32.9 Å². The molecule has 0 spiro atoms. The first-order chi connectivity index (χ1) is 12.0. The maximum absolute atomic E-state index is 12.6. The maximum atomic E-state index is 12.6. The summed E-state index contributed by atoms with van der Waals surface area (Å²) < 4.78 is 4.81. The van der Waals surface area contributed by atoms with E-state index < -0.39 is 6.04 Å². The van der Waals surface area contributed by atoms with Gasteiger partial charge in [-0.3, -0.25) is 14.9 Å². The van der Waals surface area contributed by atoms with Gasteiger partial charge in [0.1, 0.15) is 6.04 Å². The van der Waals surface area contributed by atoms with E-state index in [4.69, 9.17) is 4.74 Å². The van der Waals surface area contributed by atoms with E-state index in [0.717, 1.165) is 11.9 Å². The van der Waals surface area contributed by atoms with Crippen LogP contribution in [0.2, 0.25) is 0 Å². The molecule has 1 aromatic carbocycles. The highest BCUT2D eigenvalue weighted by Crippen LogP contribution is 2.27. The Hall–Kier alpha value is -2.34. The monoisotopic (exact) mass is 343 g/mol. The highest BCUT2D eigenvalue weighted by atomic mass is 16.5. The summed E-state index contributed by atoms with van der Waals surface area (Å²) in [6.07, 6.45) is 0.820. The molecule has 0 bridgehead atoms. The van der Waals surface area contributed by atoms with Crippen molar-refractivity contribution in [3.63, 3.8) is 0 Å². The molecule has 1 amide bonds. The standard InChI is InChI=1S/C19H25N3O3/c1-12(2)18(19(24)25-3)20-10-17(23)22-9-8-16-14(11-22)13-6-4-5-7-15(13)21-16/h4-7,12,18,20-21H,8-11H2,1-3H3/t18-/m0/s1. The molecule has 0 unspecified atom stereocenters. The first-order valence-electron chi connectivity index (χ1n) is 8.68. The molecule has 6 heteroatoms. The minimum Gasteiger partial charge on any atom is -0.468 e. The predicted octanol–water partition coefficient (Wildman–Crippen LogP) is 1.84. The van der Waals surface area contributed by atoms with E-state index in [-0.39, 0.29) is 24.3 Å². The van der Waals surface area contributed by atoms with Crippen LogP contribution in [0.4, 0.5) is 0 Å². The Labute approximate surface area is 147 Å². The molecule has 1 aliphatic heterocycles. The van der Waals surface area contributed by atoms with Gasteiger partial charge in [0, 0.05) is 41.7 Å². The van der Waals surface area contributed by atoms with Crippen molar-refractivity contribution in [2.24, 2.45) is 5.92 Å². The quantitative estimate of drug-likeness (QED) is 0.813. The van der Waals surface area contributed by atoms with Gasteiger partial charge in [-0.1, -0.05) is 32.0 Å². The number of hydrogen-bond donors (Lipinski definition) is 2. The molecule has 0 radical (unpaired) electrons. The van der Waals surface area contributed by atoms with Crippen LogP contribution in [0.3, 0.4) is 0 Å². The number of carbonyl (C=O) groups is 2. The fraction of sp³-hybridized carbons (Fsp3) is 0.474. The number of fused-ring (bicyclic) bond motifs is 3. The molecule has 1 atom stereocenters. The van der Waals surface area contributed by atoms with E-state index in [1.165, 1.54) is 23.8 Å². The van der Waals surface area contributed by atoms with Gasteiger partial charge in [0.05, 0.1) is 13.7 Å². The van der Waals surface area contributed by atoms with Crippen molar-refractivity contribution in [1.29, 1.82) is 0 Å². The molecule has 0 saturated heterocycles. The molecule has 0 fully saturated rings. The van der Waals surface area contributed by atoms with Gasteiger partial charge in [0.25, 0.3) is 0 Å². The lowest BCUT2D eigenvalue weighted by atomic mass is 10.0. The fourth-order valence-electron chi connectivity index (χ4n) is 3.41. The number of esters is 1. The molecule has 3 rings (SSSR count). The number of para-hydroxylation sites is 1. The van der Waals surface area contributed by atoms with Gasteiger partial charge in [-0.25, -0.2) is 0 Å².